The Bertz CT molecular complexity index is 1080. The first-order valence-corrected chi connectivity index (χ1v) is 9.25. The van der Waals surface area contributed by atoms with E-state index in [1.165, 1.54) is 0 Å². The molecule has 0 saturated heterocycles. The van der Waals surface area contributed by atoms with Crippen LogP contribution in [0.3, 0.4) is 0 Å². The molecule has 3 aromatic heterocycles. The van der Waals surface area contributed by atoms with Crippen molar-refractivity contribution in [3.05, 3.63) is 53.9 Å². The van der Waals surface area contributed by atoms with Crippen molar-refractivity contribution in [1.82, 2.24) is 29.3 Å². The van der Waals surface area contributed by atoms with Gasteiger partial charge in [0.05, 0.1) is 0 Å². The van der Waals surface area contributed by atoms with Gasteiger partial charge in [-0.25, -0.2) is 9.67 Å². The fraction of sp³-hybridized carbons (Fsp3) is 0.263. The number of benzene rings is 1. The number of aryl methyl sites for hydroxylation is 1. The number of anilines is 2. The first kappa shape index (κ1) is 17.9. The van der Waals surface area contributed by atoms with Crippen molar-refractivity contribution >= 4 is 22.9 Å². The predicted octanol–water partition coefficient (Wildman–Crippen LogP) is 2.08. The van der Waals surface area contributed by atoms with Crippen LogP contribution in [0.4, 0.5) is 11.8 Å². The highest BCUT2D eigenvalue weighted by atomic mass is 15.4. The van der Waals surface area contributed by atoms with E-state index in [9.17, 15) is 0 Å². The molecule has 3 heterocycles. The van der Waals surface area contributed by atoms with E-state index in [0.717, 1.165) is 24.1 Å². The summed E-state index contributed by atoms with van der Waals surface area (Å²) in [5.41, 5.74) is 15.5. The van der Waals surface area contributed by atoms with Gasteiger partial charge in [0.25, 0.3) is 0 Å². The molecule has 0 aliphatic rings. The normalized spacial score (nSPS) is 11.2. The Morgan fingerprint density at radius 2 is 1.89 bits per heavy atom. The highest BCUT2D eigenvalue weighted by Crippen LogP contribution is 2.23. The number of rotatable bonds is 7. The molecule has 1 aromatic carbocycles. The summed E-state index contributed by atoms with van der Waals surface area (Å²) in [6, 6.07) is 9.87. The zero-order valence-corrected chi connectivity index (χ0v) is 15.7. The number of nitrogens with one attached hydrogen (secondary N) is 1. The van der Waals surface area contributed by atoms with Gasteiger partial charge in [0.1, 0.15) is 0 Å². The average molecular weight is 377 g/mol. The number of fused-ring (bicyclic) bond motifs is 1. The summed E-state index contributed by atoms with van der Waals surface area (Å²) in [5, 5.41) is 7.55. The molecule has 0 amide bonds. The minimum atomic E-state index is 0.336. The molecule has 0 saturated carbocycles. The zero-order chi connectivity index (χ0) is 19.5. The molecule has 5 N–H and O–H groups in total. The molecule has 0 atom stereocenters. The molecule has 9 heteroatoms. The van der Waals surface area contributed by atoms with Gasteiger partial charge in [-0.2, -0.15) is 15.1 Å². The van der Waals surface area contributed by atoms with Crippen LogP contribution in [0.25, 0.3) is 17.1 Å². The number of nitrogen functional groups attached to an aromatic ring is 1. The Morgan fingerprint density at radius 3 is 2.61 bits per heavy atom. The molecule has 4 aromatic rings. The third-order valence-corrected chi connectivity index (χ3v) is 4.53. The summed E-state index contributed by atoms with van der Waals surface area (Å²) in [4.78, 5) is 13.7. The van der Waals surface area contributed by atoms with E-state index in [2.05, 4.69) is 32.3 Å². The number of nitrogens with two attached hydrogens (primary N) is 2. The van der Waals surface area contributed by atoms with E-state index in [-0.39, 0.29) is 0 Å². The van der Waals surface area contributed by atoms with Crippen LogP contribution in [0, 0.1) is 0 Å². The van der Waals surface area contributed by atoms with E-state index in [1.54, 1.807) is 10.9 Å². The number of hydrogen-bond acceptors (Lipinski definition) is 7. The Labute approximate surface area is 162 Å². The minimum Gasteiger partial charge on any atom is -0.382 e. The van der Waals surface area contributed by atoms with Crippen LogP contribution in [0.5, 0.6) is 0 Å². The Hall–Kier alpha value is -3.46. The van der Waals surface area contributed by atoms with Gasteiger partial charge in [-0.1, -0.05) is 31.2 Å². The molecule has 0 aliphatic carbocycles. The number of nitrogens with zero attached hydrogens (tertiary/aromatic N) is 6. The molecule has 9 nitrogen and oxygen atoms in total. The molecular weight excluding hydrogens is 354 g/mol. The SMILES string of the molecule is CCCn1c(-n2cccn2)nc2c(N)nc(NCc3ccccc3CN)nc21. The third-order valence-electron chi connectivity index (χ3n) is 4.53. The first-order valence-electron chi connectivity index (χ1n) is 9.25. The molecule has 4 rings (SSSR count). The van der Waals surface area contributed by atoms with Crippen LogP contribution in [-0.2, 0) is 19.6 Å². The lowest BCUT2D eigenvalue weighted by molar-refractivity contribution is 0.647. The Kier molecular flexibility index (Phi) is 4.90. The smallest absolute Gasteiger partial charge is 0.233 e. The fourth-order valence-electron chi connectivity index (χ4n) is 3.18. The maximum Gasteiger partial charge on any atom is 0.233 e. The lowest BCUT2D eigenvalue weighted by Crippen LogP contribution is -2.10. The quantitative estimate of drug-likeness (QED) is 0.450. The van der Waals surface area contributed by atoms with Gasteiger partial charge in [-0.05, 0) is 23.6 Å². The topological polar surface area (TPSA) is 125 Å². The van der Waals surface area contributed by atoms with E-state index in [4.69, 9.17) is 11.5 Å². The largest absolute Gasteiger partial charge is 0.382 e. The average Bonchev–Trinajstić information content (AvgIpc) is 3.36. The standard InChI is InChI=1S/C19H23N9/c1-2-9-27-17-15(24-19(27)28-10-5-8-23-28)16(21)25-18(26-17)22-12-14-7-4-3-6-13(14)11-20/h3-8,10H,2,9,11-12,20H2,1H3,(H3,21,22,25,26). The van der Waals surface area contributed by atoms with E-state index in [0.29, 0.717) is 42.0 Å². The Morgan fingerprint density at radius 1 is 1.07 bits per heavy atom. The number of aromatic nitrogens is 6. The van der Waals surface area contributed by atoms with Crippen LogP contribution in [0.1, 0.15) is 24.5 Å². The second-order valence-corrected chi connectivity index (χ2v) is 6.45. The summed E-state index contributed by atoms with van der Waals surface area (Å²) in [5.74, 6) is 1.47. The maximum atomic E-state index is 6.20. The van der Waals surface area contributed by atoms with Crippen LogP contribution >= 0.6 is 0 Å². The molecular formula is C19H23N9. The molecule has 0 fully saturated rings. The van der Waals surface area contributed by atoms with Crippen LogP contribution in [-0.4, -0.2) is 29.3 Å². The van der Waals surface area contributed by atoms with Crippen LogP contribution in [0.15, 0.2) is 42.7 Å². The summed E-state index contributed by atoms with van der Waals surface area (Å²) < 4.78 is 3.72. The van der Waals surface area contributed by atoms with E-state index in [1.807, 2.05) is 41.1 Å². The summed E-state index contributed by atoms with van der Waals surface area (Å²) >= 11 is 0. The number of hydrogen-bond donors (Lipinski definition) is 3. The summed E-state index contributed by atoms with van der Waals surface area (Å²) in [6.07, 6.45) is 4.49. The second kappa shape index (κ2) is 7.65. The van der Waals surface area contributed by atoms with Crippen molar-refractivity contribution < 1.29 is 0 Å². The molecule has 0 aliphatic heterocycles. The predicted molar refractivity (Wildman–Crippen MR) is 109 cm³/mol. The van der Waals surface area contributed by atoms with Gasteiger partial charge >= 0.3 is 0 Å². The molecule has 0 unspecified atom stereocenters. The van der Waals surface area contributed by atoms with Gasteiger partial charge in [0.15, 0.2) is 17.0 Å². The molecule has 144 valence electrons. The molecule has 28 heavy (non-hydrogen) atoms. The van der Waals surface area contributed by atoms with Gasteiger partial charge < -0.3 is 16.8 Å². The highest BCUT2D eigenvalue weighted by Gasteiger charge is 2.18. The maximum absolute atomic E-state index is 6.20. The van der Waals surface area contributed by atoms with Crippen molar-refractivity contribution in [2.24, 2.45) is 5.73 Å². The van der Waals surface area contributed by atoms with Gasteiger partial charge in [0.2, 0.25) is 11.9 Å². The van der Waals surface area contributed by atoms with Crippen molar-refractivity contribution in [3.63, 3.8) is 0 Å². The van der Waals surface area contributed by atoms with Gasteiger partial charge in [-0.3, -0.25) is 4.57 Å². The molecule has 0 bridgehead atoms. The Balaban J connectivity index is 1.72. The highest BCUT2D eigenvalue weighted by molar-refractivity contribution is 5.84. The lowest BCUT2D eigenvalue weighted by Gasteiger charge is -2.10. The van der Waals surface area contributed by atoms with Gasteiger partial charge in [0, 0.05) is 32.0 Å². The van der Waals surface area contributed by atoms with Crippen molar-refractivity contribution in [1.29, 1.82) is 0 Å². The third kappa shape index (κ3) is 3.27. The van der Waals surface area contributed by atoms with Crippen LogP contribution < -0.4 is 16.8 Å². The first-order chi connectivity index (χ1) is 13.7. The summed E-state index contributed by atoms with van der Waals surface area (Å²) in [7, 11) is 0. The van der Waals surface area contributed by atoms with Crippen molar-refractivity contribution in [3.8, 4) is 5.95 Å². The van der Waals surface area contributed by atoms with E-state index >= 15 is 0 Å². The lowest BCUT2D eigenvalue weighted by atomic mass is 10.1. The summed E-state index contributed by atoms with van der Waals surface area (Å²) in [6.45, 7) is 3.90. The van der Waals surface area contributed by atoms with Crippen LogP contribution in [0.2, 0.25) is 0 Å². The second-order valence-electron chi connectivity index (χ2n) is 6.45. The number of imidazole rings is 1. The van der Waals surface area contributed by atoms with Gasteiger partial charge in [-0.15, -0.1) is 0 Å². The fourth-order valence-corrected chi connectivity index (χ4v) is 3.18. The van der Waals surface area contributed by atoms with E-state index < -0.39 is 0 Å². The molecule has 0 radical (unpaired) electrons. The zero-order valence-electron chi connectivity index (χ0n) is 15.7. The molecule has 0 spiro atoms. The monoisotopic (exact) mass is 377 g/mol. The van der Waals surface area contributed by atoms with Crippen molar-refractivity contribution in [2.45, 2.75) is 33.0 Å². The minimum absolute atomic E-state index is 0.336. The van der Waals surface area contributed by atoms with Crippen molar-refractivity contribution in [2.75, 3.05) is 11.1 Å².